The van der Waals surface area contributed by atoms with Crippen molar-refractivity contribution in [3.8, 4) is 11.1 Å². The Kier molecular flexibility index (Phi) is 16.3. The highest BCUT2D eigenvalue weighted by Crippen LogP contribution is 2.66. The Bertz CT molecular complexity index is 1920. The molecule has 0 spiro atoms. The molecule has 63 heavy (non-hydrogen) atoms. The Hall–Kier alpha value is -3.71. The first-order valence-corrected chi connectivity index (χ1v) is 24.2. The van der Waals surface area contributed by atoms with Crippen molar-refractivity contribution in [2.24, 2.45) is 40.6 Å². The predicted octanol–water partition coefficient (Wildman–Crippen LogP) is 7.95. The first-order valence-electron chi connectivity index (χ1n) is 24.2. The van der Waals surface area contributed by atoms with Gasteiger partial charge in [-0.2, -0.15) is 0 Å². The molecule has 4 saturated carbocycles. The van der Waals surface area contributed by atoms with Crippen LogP contribution in [-0.2, 0) is 34.9 Å². The summed E-state index contributed by atoms with van der Waals surface area (Å²) in [5.41, 5.74) is 14.3. The number of Topliss-reactive ketones (excluding diaryl/α,β-unsaturated/α-hetero) is 3. The second kappa shape index (κ2) is 21.1. The maximum absolute atomic E-state index is 13.9. The number of hydrogen-bond donors (Lipinski definition) is 4. The molecule has 4 aliphatic carbocycles. The van der Waals surface area contributed by atoms with Crippen LogP contribution in [0, 0.1) is 29.1 Å². The van der Waals surface area contributed by atoms with Gasteiger partial charge in [-0.1, -0.05) is 96.0 Å². The number of aryl methyl sites for hydroxylation is 1. The van der Waals surface area contributed by atoms with Crippen LogP contribution in [0.15, 0.2) is 48.5 Å². The summed E-state index contributed by atoms with van der Waals surface area (Å²) in [7, 11) is -0.491. The molecule has 11 nitrogen and oxygen atoms in total. The standard InChI is InChI=1S/C51H75BN4O7/c1-7-8-13-35-16-18-36(19-17-35)37-20-22-38(23-21-37)42(57)30-39(14-9-11-26-53)48(61)56-51(24-25-51)45(59)28-33(2)47(60)55-41(15-10-12-27-54)43(58)29-34(3)52-62-46-32-40-31-44(49(40,4)5)50(46,6)63-52/h16-23,33-34,39-41,44,46H,7-15,24-32,53-54H2,1-6H3,(H,55,60)(H,56,61)/t33-,34-,39-,40+,41+,44+,46?,50+/m1/s1. The van der Waals surface area contributed by atoms with Crippen LogP contribution in [-0.4, -0.2) is 72.7 Å². The van der Waals surface area contributed by atoms with Gasteiger partial charge in [-0.25, -0.2) is 0 Å². The zero-order chi connectivity index (χ0) is 45.5. The first kappa shape index (κ1) is 48.7. The Morgan fingerprint density at radius 1 is 0.794 bits per heavy atom. The Balaban J connectivity index is 1.02. The van der Waals surface area contributed by atoms with Crippen LogP contribution in [0.4, 0.5) is 0 Å². The van der Waals surface area contributed by atoms with Gasteiger partial charge in [-0.3, -0.25) is 24.0 Å². The smallest absolute Gasteiger partial charge is 0.405 e. The van der Waals surface area contributed by atoms with Crippen molar-refractivity contribution in [3.05, 3.63) is 59.7 Å². The molecule has 344 valence electrons. The molecule has 2 bridgehead atoms. The zero-order valence-electron chi connectivity index (χ0n) is 39.0. The zero-order valence-corrected chi connectivity index (χ0v) is 39.0. The maximum atomic E-state index is 13.9. The van der Waals surface area contributed by atoms with E-state index in [1.54, 1.807) is 6.92 Å². The Morgan fingerprint density at radius 3 is 2.03 bits per heavy atom. The number of ketones is 3. The summed E-state index contributed by atoms with van der Waals surface area (Å²) in [4.78, 5) is 68.9. The average Bonchev–Trinajstić information content (AvgIpc) is 3.96. The molecule has 1 heterocycles. The van der Waals surface area contributed by atoms with Crippen LogP contribution < -0.4 is 22.1 Å². The number of amides is 2. The van der Waals surface area contributed by atoms with Gasteiger partial charge in [0, 0.05) is 36.7 Å². The third kappa shape index (κ3) is 11.4. The summed E-state index contributed by atoms with van der Waals surface area (Å²) in [6, 6.07) is 15.3. The normalized spacial score (nSPS) is 24.6. The lowest BCUT2D eigenvalue weighted by molar-refractivity contribution is -0.199. The molecule has 12 heteroatoms. The van der Waals surface area contributed by atoms with Crippen molar-refractivity contribution in [1.82, 2.24) is 10.6 Å². The van der Waals surface area contributed by atoms with Crippen LogP contribution in [0.3, 0.4) is 0 Å². The highest BCUT2D eigenvalue weighted by Gasteiger charge is 2.68. The molecule has 6 N–H and O–H groups in total. The van der Waals surface area contributed by atoms with E-state index in [0.29, 0.717) is 69.0 Å². The SMILES string of the molecule is CCCCc1ccc(-c2ccc(C(=O)C[C@@H](CCCCN)C(=O)NC3(C(=O)C[C@@H](C)C(=O)N[C@@H](CCCCN)C(=O)C[C@@H](C)B4OC5C[C@@H]6C[C@@H](C6(C)C)[C@]5(C)O4)CC3)cc2)cc1. The number of carbonyl (C=O) groups excluding carboxylic acids is 5. The summed E-state index contributed by atoms with van der Waals surface area (Å²) in [5.74, 6) is -1.65. The number of benzene rings is 2. The molecule has 0 radical (unpaired) electrons. The minimum atomic E-state index is -1.06. The third-order valence-corrected chi connectivity index (χ3v) is 15.3. The number of rotatable bonds is 26. The largest absolute Gasteiger partial charge is 0.461 e. The van der Waals surface area contributed by atoms with Crippen molar-refractivity contribution in [2.45, 2.75) is 173 Å². The molecule has 1 unspecified atom stereocenters. The monoisotopic (exact) mass is 867 g/mol. The molecule has 1 aliphatic heterocycles. The van der Waals surface area contributed by atoms with Gasteiger partial charge in [0.1, 0.15) is 0 Å². The van der Waals surface area contributed by atoms with Gasteiger partial charge >= 0.3 is 7.12 Å². The molecule has 0 aromatic heterocycles. The first-order chi connectivity index (χ1) is 30.0. The summed E-state index contributed by atoms with van der Waals surface area (Å²) >= 11 is 0. The summed E-state index contributed by atoms with van der Waals surface area (Å²) < 4.78 is 13.1. The minimum absolute atomic E-state index is 0.0151. The van der Waals surface area contributed by atoms with Crippen LogP contribution in [0.1, 0.15) is 154 Å². The van der Waals surface area contributed by atoms with Gasteiger partial charge in [-0.05, 0) is 130 Å². The molecular weight excluding hydrogens is 791 g/mol. The fourth-order valence-electron chi connectivity index (χ4n) is 10.6. The van der Waals surface area contributed by atoms with E-state index in [4.69, 9.17) is 20.8 Å². The van der Waals surface area contributed by atoms with E-state index in [9.17, 15) is 24.0 Å². The highest BCUT2D eigenvalue weighted by atomic mass is 16.7. The van der Waals surface area contributed by atoms with Gasteiger partial charge in [0.15, 0.2) is 17.3 Å². The van der Waals surface area contributed by atoms with Crippen molar-refractivity contribution >= 4 is 36.3 Å². The van der Waals surface area contributed by atoms with Crippen LogP contribution in [0.5, 0.6) is 0 Å². The summed E-state index contributed by atoms with van der Waals surface area (Å²) in [6.45, 7) is 13.6. The molecule has 2 aromatic carbocycles. The van der Waals surface area contributed by atoms with Crippen LogP contribution in [0.2, 0.25) is 5.82 Å². The molecule has 8 atom stereocenters. The van der Waals surface area contributed by atoms with E-state index >= 15 is 0 Å². The summed E-state index contributed by atoms with van der Waals surface area (Å²) in [5, 5.41) is 6.00. The van der Waals surface area contributed by atoms with E-state index in [1.165, 1.54) is 5.56 Å². The molecule has 1 saturated heterocycles. The molecule has 2 aromatic rings. The number of carbonyl (C=O) groups is 5. The van der Waals surface area contributed by atoms with E-state index in [-0.39, 0.29) is 71.4 Å². The van der Waals surface area contributed by atoms with Gasteiger partial charge < -0.3 is 31.4 Å². The molecular formula is C51H75BN4O7. The number of nitrogens with one attached hydrogen (secondary N) is 2. The fourth-order valence-corrected chi connectivity index (χ4v) is 10.6. The number of unbranched alkanes of at least 4 members (excludes halogenated alkanes) is 3. The van der Waals surface area contributed by atoms with Crippen molar-refractivity contribution < 1.29 is 33.3 Å². The third-order valence-electron chi connectivity index (χ3n) is 15.3. The number of hydrogen-bond acceptors (Lipinski definition) is 9. The predicted molar refractivity (Wildman–Crippen MR) is 249 cm³/mol. The molecule has 5 fully saturated rings. The molecule has 2 amide bonds. The van der Waals surface area contributed by atoms with Crippen molar-refractivity contribution in [1.29, 1.82) is 0 Å². The highest BCUT2D eigenvalue weighted by molar-refractivity contribution is 6.47. The van der Waals surface area contributed by atoms with Gasteiger partial charge in [0.05, 0.1) is 23.3 Å². The van der Waals surface area contributed by atoms with Gasteiger partial charge in [-0.15, -0.1) is 0 Å². The van der Waals surface area contributed by atoms with Crippen molar-refractivity contribution in [3.63, 3.8) is 0 Å². The second-order valence-electron chi connectivity index (χ2n) is 20.4. The van der Waals surface area contributed by atoms with E-state index in [0.717, 1.165) is 56.1 Å². The van der Waals surface area contributed by atoms with Gasteiger partial charge in [0.25, 0.3) is 0 Å². The van der Waals surface area contributed by atoms with E-state index in [2.05, 4.69) is 62.6 Å². The quantitative estimate of drug-likeness (QED) is 0.0415. The average molecular weight is 867 g/mol. The van der Waals surface area contributed by atoms with E-state index < -0.39 is 30.5 Å². The lowest BCUT2D eigenvalue weighted by Crippen LogP contribution is -2.65. The molecule has 7 rings (SSSR count). The lowest BCUT2D eigenvalue weighted by atomic mass is 9.43. The topological polar surface area (TPSA) is 180 Å². The lowest BCUT2D eigenvalue weighted by Gasteiger charge is -2.64. The van der Waals surface area contributed by atoms with Crippen molar-refractivity contribution in [2.75, 3.05) is 13.1 Å². The Labute approximate surface area is 376 Å². The van der Waals surface area contributed by atoms with Crippen LogP contribution >= 0.6 is 0 Å². The Morgan fingerprint density at radius 2 is 1.43 bits per heavy atom. The maximum Gasteiger partial charge on any atom is 0.461 e. The summed E-state index contributed by atoms with van der Waals surface area (Å²) in [6.07, 6.45) is 10.3. The molecule has 5 aliphatic rings. The number of nitrogens with two attached hydrogens (primary N) is 2. The van der Waals surface area contributed by atoms with E-state index in [1.807, 2.05) is 31.2 Å². The second-order valence-corrected chi connectivity index (χ2v) is 20.4. The van der Waals surface area contributed by atoms with Gasteiger partial charge in [0.2, 0.25) is 11.8 Å². The minimum Gasteiger partial charge on any atom is -0.405 e. The van der Waals surface area contributed by atoms with Crippen LogP contribution in [0.25, 0.3) is 11.1 Å². The fraction of sp³-hybridized carbons (Fsp3) is 0.667.